The third-order valence-electron chi connectivity index (χ3n) is 4.99. The molecule has 0 aliphatic carbocycles. The summed E-state index contributed by atoms with van der Waals surface area (Å²) in [6.07, 6.45) is 2.86. The van der Waals surface area contributed by atoms with E-state index in [2.05, 4.69) is 10.5 Å². The number of thiophene rings is 1. The van der Waals surface area contributed by atoms with Gasteiger partial charge in [0.25, 0.3) is 15.9 Å². The number of sulfonamides is 1. The fraction of sp³-hybridized carbons (Fsp3) is 0.625. The van der Waals surface area contributed by atoms with E-state index in [-0.39, 0.29) is 18.6 Å². The number of carbonyl (C=O) groups excluding carboxylic acids is 1. The van der Waals surface area contributed by atoms with Gasteiger partial charge < -0.3 is 14.9 Å². The van der Waals surface area contributed by atoms with Crippen LogP contribution in [0, 0.1) is 0 Å². The fourth-order valence-corrected chi connectivity index (χ4v) is 6.19. The minimum absolute atomic E-state index is 0.0637. The van der Waals surface area contributed by atoms with E-state index in [0.717, 1.165) is 19.4 Å². The quantitative estimate of drug-likeness (QED) is 0.795. The van der Waals surface area contributed by atoms with Crippen molar-refractivity contribution in [1.82, 2.24) is 9.62 Å². The first-order valence-corrected chi connectivity index (χ1v) is 11.0. The lowest BCUT2D eigenvalue weighted by Gasteiger charge is -2.21. The van der Waals surface area contributed by atoms with Crippen molar-refractivity contribution in [2.75, 3.05) is 26.2 Å². The SMILES string of the molecule is O=C(NC[C@@H]1CCCO1)C1=NO[C@]2(CCN(S(=O)(=O)c3cccs3)C2)C1. The molecule has 0 bridgehead atoms. The Morgan fingerprint density at radius 3 is 3.12 bits per heavy atom. The number of carbonyl (C=O) groups is 1. The molecule has 26 heavy (non-hydrogen) atoms. The van der Waals surface area contributed by atoms with Crippen LogP contribution >= 0.6 is 11.3 Å². The van der Waals surface area contributed by atoms with Gasteiger partial charge in [0.05, 0.1) is 12.6 Å². The molecule has 0 saturated carbocycles. The van der Waals surface area contributed by atoms with Gasteiger partial charge in [-0.3, -0.25) is 4.79 Å². The summed E-state index contributed by atoms with van der Waals surface area (Å²) in [7, 11) is -3.51. The summed E-state index contributed by atoms with van der Waals surface area (Å²) in [5, 5.41) is 8.51. The Hall–Kier alpha value is -1.49. The second kappa shape index (κ2) is 6.91. The van der Waals surface area contributed by atoms with Crippen LogP contribution in [0.5, 0.6) is 0 Å². The molecule has 1 amide bonds. The van der Waals surface area contributed by atoms with Gasteiger partial charge in [-0.15, -0.1) is 11.3 Å². The van der Waals surface area contributed by atoms with Crippen molar-refractivity contribution in [2.45, 2.75) is 41.6 Å². The lowest BCUT2D eigenvalue weighted by molar-refractivity contribution is -0.115. The van der Waals surface area contributed by atoms with Crippen LogP contribution in [0.3, 0.4) is 0 Å². The topological polar surface area (TPSA) is 97.3 Å². The van der Waals surface area contributed by atoms with E-state index in [0.29, 0.717) is 35.9 Å². The normalized spacial score (nSPS) is 29.1. The minimum atomic E-state index is -3.51. The maximum Gasteiger partial charge on any atom is 0.269 e. The highest BCUT2D eigenvalue weighted by molar-refractivity contribution is 7.91. The number of nitrogens with one attached hydrogen (secondary N) is 1. The van der Waals surface area contributed by atoms with Crippen LogP contribution in [0.1, 0.15) is 25.7 Å². The first kappa shape index (κ1) is 17.9. The van der Waals surface area contributed by atoms with Gasteiger partial charge in [-0.2, -0.15) is 4.31 Å². The number of rotatable bonds is 5. The first-order valence-electron chi connectivity index (χ1n) is 8.67. The molecule has 2 atom stereocenters. The van der Waals surface area contributed by atoms with Crippen LogP contribution in [0.15, 0.2) is 26.9 Å². The number of amides is 1. The van der Waals surface area contributed by atoms with Gasteiger partial charge in [-0.25, -0.2) is 8.42 Å². The number of nitrogens with zero attached hydrogens (tertiary/aromatic N) is 2. The summed E-state index contributed by atoms with van der Waals surface area (Å²) >= 11 is 1.20. The second-order valence-electron chi connectivity index (χ2n) is 6.85. The largest absolute Gasteiger partial charge is 0.387 e. The zero-order valence-corrected chi connectivity index (χ0v) is 15.9. The Bertz CT molecular complexity index is 802. The predicted molar refractivity (Wildman–Crippen MR) is 95.5 cm³/mol. The molecule has 142 valence electrons. The highest BCUT2D eigenvalue weighted by Gasteiger charge is 2.50. The van der Waals surface area contributed by atoms with Gasteiger partial charge in [0, 0.05) is 32.5 Å². The van der Waals surface area contributed by atoms with Gasteiger partial charge in [0.15, 0.2) is 5.60 Å². The van der Waals surface area contributed by atoms with Crippen LogP contribution < -0.4 is 5.32 Å². The minimum Gasteiger partial charge on any atom is -0.387 e. The average Bonchev–Trinajstić information content (AvgIpc) is 3.41. The summed E-state index contributed by atoms with van der Waals surface area (Å²) in [6, 6.07) is 3.32. The molecule has 3 aliphatic rings. The summed E-state index contributed by atoms with van der Waals surface area (Å²) in [4.78, 5) is 17.8. The van der Waals surface area contributed by atoms with Crippen LogP contribution in [-0.4, -0.2) is 62.3 Å². The molecule has 0 unspecified atom stereocenters. The number of hydrogen-bond donors (Lipinski definition) is 1. The average molecular weight is 399 g/mol. The third kappa shape index (κ3) is 3.38. The first-order chi connectivity index (χ1) is 12.5. The molecule has 0 aromatic carbocycles. The van der Waals surface area contributed by atoms with Gasteiger partial charge >= 0.3 is 0 Å². The molecule has 2 saturated heterocycles. The van der Waals surface area contributed by atoms with Crippen molar-refractivity contribution >= 4 is 33.0 Å². The van der Waals surface area contributed by atoms with Crippen LogP contribution in [0.4, 0.5) is 0 Å². The van der Waals surface area contributed by atoms with E-state index >= 15 is 0 Å². The molecule has 1 N–H and O–H groups in total. The predicted octanol–water partition coefficient (Wildman–Crippen LogP) is 0.953. The number of oxime groups is 1. The Labute approximate surface area is 156 Å². The smallest absolute Gasteiger partial charge is 0.269 e. The van der Waals surface area contributed by atoms with Crippen molar-refractivity contribution < 1.29 is 22.8 Å². The van der Waals surface area contributed by atoms with Crippen molar-refractivity contribution in [3.63, 3.8) is 0 Å². The van der Waals surface area contributed by atoms with Crippen molar-refractivity contribution in [3.8, 4) is 0 Å². The van der Waals surface area contributed by atoms with Gasteiger partial charge in [-0.05, 0) is 24.3 Å². The van der Waals surface area contributed by atoms with Crippen molar-refractivity contribution in [1.29, 1.82) is 0 Å². The highest BCUT2D eigenvalue weighted by atomic mass is 32.2. The molecule has 4 heterocycles. The molecule has 2 fully saturated rings. The maximum atomic E-state index is 12.7. The van der Waals surface area contributed by atoms with Crippen LogP contribution in [0.25, 0.3) is 0 Å². The number of ether oxygens (including phenoxy) is 1. The molecule has 4 rings (SSSR count). The molecule has 1 spiro atoms. The molecule has 1 aromatic rings. The Morgan fingerprint density at radius 2 is 2.38 bits per heavy atom. The monoisotopic (exact) mass is 399 g/mol. The lowest BCUT2D eigenvalue weighted by atomic mass is 9.96. The molecular weight excluding hydrogens is 378 g/mol. The van der Waals surface area contributed by atoms with E-state index in [1.807, 2.05) is 0 Å². The summed E-state index contributed by atoms with van der Waals surface area (Å²) in [5.41, 5.74) is -0.417. The van der Waals surface area contributed by atoms with Gasteiger partial charge in [0.2, 0.25) is 0 Å². The maximum absolute atomic E-state index is 12.7. The summed E-state index contributed by atoms with van der Waals surface area (Å²) < 4.78 is 32.5. The lowest BCUT2D eigenvalue weighted by Crippen LogP contribution is -2.40. The standard InChI is InChI=1S/C16H21N3O5S2/c20-15(17-10-12-3-1-7-23-12)13-9-16(24-18-13)5-6-19(11-16)26(21,22)14-4-2-8-25-14/h2,4,8,12H,1,3,5-7,9-11H2,(H,17,20)/t12-,16+/m0/s1. The third-order valence-corrected chi connectivity index (χ3v) is 8.20. The second-order valence-corrected chi connectivity index (χ2v) is 9.97. The fourth-order valence-electron chi connectivity index (χ4n) is 3.53. The molecule has 3 aliphatic heterocycles. The summed E-state index contributed by atoms with van der Waals surface area (Å²) in [6.45, 7) is 1.77. The molecule has 10 heteroatoms. The zero-order valence-electron chi connectivity index (χ0n) is 14.2. The molecular formula is C16H21N3O5S2. The Morgan fingerprint density at radius 1 is 1.50 bits per heavy atom. The molecule has 0 radical (unpaired) electrons. The van der Waals surface area contributed by atoms with E-state index in [1.54, 1.807) is 17.5 Å². The van der Waals surface area contributed by atoms with Crippen molar-refractivity contribution in [3.05, 3.63) is 17.5 Å². The van der Waals surface area contributed by atoms with E-state index in [9.17, 15) is 13.2 Å². The van der Waals surface area contributed by atoms with Crippen molar-refractivity contribution in [2.24, 2.45) is 5.16 Å². The summed E-state index contributed by atoms with van der Waals surface area (Å²) in [5.74, 6) is -0.267. The molecule has 1 aromatic heterocycles. The Kier molecular flexibility index (Phi) is 4.76. The van der Waals surface area contributed by atoms with E-state index in [4.69, 9.17) is 9.57 Å². The molecule has 8 nitrogen and oxygen atoms in total. The van der Waals surface area contributed by atoms with Gasteiger partial charge in [0.1, 0.15) is 9.92 Å². The Balaban J connectivity index is 1.35. The van der Waals surface area contributed by atoms with Crippen LogP contribution in [-0.2, 0) is 24.4 Å². The van der Waals surface area contributed by atoms with Crippen LogP contribution in [0.2, 0.25) is 0 Å². The van der Waals surface area contributed by atoms with E-state index < -0.39 is 15.6 Å². The van der Waals surface area contributed by atoms with E-state index in [1.165, 1.54) is 15.6 Å². The zero-order chi connectivity index (χ0) is 18.2. The highest BCUT2D eigenvalue weighted by Crippen LogP contribution is 2.37. The van der Waals surface area contributed by atoms with Gasteiger partial charge in [-0.1, -0.05) is 11.2 Å². The number of hydrogen-bond acceptors (Lipinski definition) is 7.